The smallest absolute Gasteiger partial charge is 0.263 e. The van der Waals surface area contributed by atoms with Crippen LogP contribution in [0.2, 0.25) is 5.02 Å². The van der Waals surface area contributed by atoms with Gasteiger partial charge in [0.25, 0.3) is 5.56 Å². The molecule has 6 nitrogen and oxygen atoms in total. The van der Waals surface area contributed by atoms with Gasteiger partial charge in [0.05, 0.1) is 10.9 Å². The number of amides is 1. The Balaban J connectivity index is 1.52. The molecule has 1 N–H and O–H groups in total. The average Bonchev–Trinajstić information content (AvgIpc) is 2.77. The van der Waals surface area contributed by atoms with Crippen molar-refractivity contribution in [1.82, 2.24) is 14.9 Å². The lowest BCUT2D eigenvalue weighted by molar-refractivity contribution is -0.121. The fraction of sp³-hybridized carbons (Fsp3) is 0.348. The van der Waals surface area contributed by atoms with E-state index in [1.165, 1.54) is 11.0 Å². The average molecular weight is 425 g/mol. The molecule has 2 heterocycles. The monoisotopic (exact) mass is 424 g/mol. The number of para-hydroxylation sites is 1. The summed E-state index contributed by atoms with van der Waals surface area (Å²) in [4.78, 5) is 32.7. The Labute approximate surface area is 180 Å². The molecule has 0 radical (unpaired) electrons. The van der Waals surface area contributed by atoms with Crippen molar-refractivity contribution < 1.29 is 4.79 Å². The predicted molar refractivity (Wildman–Crippen MR) is 120 cm³/mol. The van der Waals surface area contributed by atoms with E-state index in [9.17, 15) is 9.59 Å². The van der Waals surface area contributed by atoms with Crippen LogP contribution in [-0.4, -0.2) is 35.1 Å². The first-order valence-corrected chi connectivity index (χ1v) is 10.8. The number of piperidine rings is 1. The zero-order valence-electron chi connectivity index (χ0n) is 16.8. The first kappa shape index (κ1) is 20.4. The number of benzene rings is 2. The maximum absolute atomic E-state index is 13.2. The van der Waals surface area contributed by atoms with Gasteiger partial charge in [0.15, 0.2) is 0 Å². The molecule has 2 aromatic carbocycles. The van der Waals surface area contributed by atoms with Crippen LogP contribution >= 0.6 is 11.6 Å². The number of halogens is 1. The summed E-state index contributed by atoms with van der Waals surface area (Å²) in [6.45, 7) is 2.16. The van der Waals surface area contributed by atoms with Gasteiger partial charge in [0, 0.05) is 24.7 Å². The largest absolute Gasteiger partial charge is 0.354 e. The summed E-state index contributed by atoms with van der Waals surface area (Å²) < 4.78 is 1.52. The van der Waals surface area contributed by atoms with Crippen molar-refractivity contribution >= 4 is 34.4 Å². The fourth-order valence-corrected chi connectivity index (χ4v) is 3.96. The first-order chi connectivity index (χ1) is 14.6. The summed E-state index contributed by atoms with van der Waals surface area (Å²) in [7, 11) is 0. The Hall–Kier alpha value is -2.86. The van der Waals surface area contributed by atoms with Crippen molar-refractivity contribution in [3.63, 3.8) is 0 Å². The van der Waals surface area contributed by atoms with E-state index in [4.69, 9.17) is 16.6 Å². The van der Waals surface area contributed by atoms with Gasteiger partial charge < -0.3 is 10.2 Å². The van der Waals surface area contributed by atoms with Crippen LogP contribution in [0.25, 0.3) is 10.9 Å². The number of nitrogens with one attached hydrogen (secondary N) is 1. The summed E-state index contributed by atoms with van der Waals surface area (Å²) in [6.07, 6.45) is 4.01. The van der Waals surface area contributed by atoms with Gasteiger partial charge in [0.1, 0.15) is 6.54 Å². The number of fused-ring (bicyclic) bond motifs is 1. The minimum absolute atomic E-state index is 0.0386. The Morgan fingerprint density at radius 3 is 2.53 bits per heavy atom. The number of carbonyl (C=O) groups is 1. The Kier molecular flexibility index (Phi) is 6.33. The number of aromatic nitrogens is 2. The lowest BCUT2D eigenvalue weighted by atomic mass is 10.1. The second kappa shape index (κ2) is 9.30. The highest BCUT2D eigenvalue weighted by Crippen LogP contribution is 2.19. The number of nitrogens with zero attached hydrogens (tertiary/aromatic N) is 3. The zero-order chi connectivity index (χ0) is 20.9. The lowest BCUT2D eigenvalue weighted by Crippen LogP contribution is -2.39. The third kappa shape index (κ3) is 4.65. The minimum Gasteiger partial charge on any atom is -0.354 e. The number of carbonyl (C=O) groups excluding carboxylic acids is 1. The van der Waals surface area contributed by atoms with Gasteiger partial charge in [-0.05, 0) is 55.5 Å². The lowest BCUT2D eigenvalue weighted by Gasteiger charge is -2.29. The normalized spacial score (nSPS) is 14.1. The Morgan fingerprint density at radius 2 is 1.77 bits per heavy atom. The van der Waals surface area contributed by atoms with Gasteiger partial charge >= 0.3 is 0 Å². The number of hydrogen-bond acceptors (Lipinski definition) is 4. The van der Waals surface area contributed by atoms with Crippen molar-refractivity contribution in [3.8, 4) is 0 Å². The molecule has 0 aliphatic carbocycles. The van der Waals surface area contributed by atoms with Gasteiger partial charge in [0.2, 0.25) is 11.9 Å². The van der Waals surface area contributed by atoms with Crippen molar-refractivity contribution in [3.05, 3.63) is 69.5 Å². The zero-order valence-corrected chi connectivity index (χ0v) is 17.6. The predicted octanol–water partition coefficient (Wildman–Crippen LogP) is 3.40. The van der Waals surface area contributed by atoms with Crippen LogP contribution < -0.4 is 15.8 Å². The highest BCUT2D eigenvalue weighted by atomic mass is 35.5. The molecule has 1 fully saturated rings. The van der Waals surface area contributed by atoms with Crippen molar-refractivity contribution in [2.24, 2.45) is 0 Å². The molecule has 7 heteroatoms. The molecule has 0 unspecified atom stereocenters. The highest BCUT2D eigenvalue weighted by Gasteiger charge is 2.20. The van der Waals surface area contributed by atoms with Crippen molar-refractivity contribution in [1.29, 1.82) is 0 Å². The van der Waals surface area contributed by atoms with Gasteiger partial charge in [-0.3, -0.25) is 14.2 Å². The number of rotatable bonds is 6. The van der Waals surface area contributed by atoms with Crippen LogP contribution in [0.1, 0.15) is 24.8 Å². The molecule has 1 aliphatic heterocycles. The molecule has 3 aromatic rings. The van der Waals surface area contributed by atoms with E-state index in [-0.39, 0.29) is 18.0 Å². The second-order valence-corrected chi connectivity index (χ2v) is 8.03. The summed E-state index contributed by atoms with van der Waals surface area (Å²) in [5.41, 5.74) is 1.59. The molecule has 1 aliphatic rings. The van der Waals surface area contributed by atoms with E-state index in [1.54, 1.807) is 6.07 Å². The molecular weight excluding hydrogens is 400 g/mol. The third-order valence-corrected chi connectivity index (χ3v) is 5.68. The van der Waals surface area contributed by atoms with Crippen LogP contribution in [-0.2, 0) is 17.8 Å². The third-order valence-electron chi connectivity index (χ3n) is 5.43. The SMILES string of the molecule is O=C(Cn1c(N2CCCCC2)nc2ccccc2c1=O)NCCc1ccc(Cl)cc1. The van der Waals surface area contributed by atoms with Crippen LogP contribution in [0.3, 0.4) is 0 Å². The van der Waals surface area contributed by atoms with Crippen LogP contribution in [0.15, 0.2) is 53.3 Å². The van der Waals surface area contributed by atoms with Gasteiger partial charge in [-0.1, -0.05) is 35.9 Å². The maximum Gasteiger partial charge on any atom is 0.263 e. The fourth-order valence-electron chi connectivity index (χ4n) is 3.83. The number of hydrogen-bond donors (Lipinski definition) is 1. The van der Waals surface area contributed by atoms with Gasteiger partial charge in [-0.15, -0.1) is 0 Å². The van der Waals surface area contributed by atoms with E-state index in [1.807, 2.05) is 42.5 Å². The van der Waals surface area contributed by atoms with Crippen LogP contribution in [0, 0.1) is 0 Å². The van der Waals surface area contributed by atoms with E-state index in [2.05, 4.69) is 10.2 Å². The molecule has 4 rings (SSSR count). The standard InChI is InChI=1S/C23H25ClN4O2/c24-18-10-8-17(9-11-18)12-13-25-21(29)16-28-22(30)19-6-2-3-7-20(19)26-23(28)27-14-4-1-5-15-27/h2-3,6-11H,1,4-5,12-16H2,(H,25,29). The Morgan fingerprint density at radius 1 is 1.03 bits per heavy atom. The summed E-state index contributed by atoms with van der Waals surface area (Å²) in [5.74, 6) is 0.396. The first-order valence-electron chi connectivity index (χ1n) is 10.4. The molecule has 0 spiro atoms. The quantitative estimate of drug-likeness (QED) is 0.658. The van der Waals surface area contributed by atoms with E-state index in [0.717, 1.165) is 31.5 Å². The topological polar surface area (TPSA) is 67.2 Å². The molecule has 0 saturated carbocycles. The second-order valence-electron chi connectivity index (χ2n) is 7.59. The molecular formula is C23H25ClN4O2. The van der Waals surface area contributed by atoms with Crippen molar-refractivity contribution in [2.75, 3.05) is 24.5 Å². The van der Waals surface area contributed by atoms with Crippen molar-refractivity contribution in [2.45, 2.75) is 32.2 Å². The molecule has 156 valence electrons. The van der Waals surface area contributed by atoms with E-state index in [0.29, 0.717) is 34.8 Å². The molecule has 1 saturated heterocycles. The minimum atomic E-state index is -0.193. The van der Waals surface area contributed by atoms with E-state index >= 15 is 0 Å². The van der Waals surface area contributed by atoms with Gasteiger partial charge in [-0.2, -0.15) is 0 Å². The summed E-state index contributed by atoms with van der Waals surface area (Å²) in [6, 6.07) is 14.9. The molecule has 30 heavy (non-hydrogen) atoms. The van der Waals surface area contributed by atoms with Gasteiger partial charge in [-0.25, -0.2) is 4.98 Å². The van der Waals surface area contributed by atoms with Crippen LogP contribution in [0.4, 0.5) is 5.95 Å². The molecule has 0 bridgehead atoms. The summed E-state index contributed by atoms with van der Waals surface area (Å²) >= 11 is 5.91. The van der Waals surface area contributed by atoms with E-state index < -0.39 is 0 Å². The Bertz CT molecular complexity index is 1090. The highest BCUT2D eigenvalue weighted by molar-refractivity contribution is 6.30. The molecule has 1 aromatic heterocycles. The summed E-state index contributed by atoms with van der Waals surface area (Å²) in [5, 5.41) is 4.15. The van der Waals surface area contributed by atoms with Crippen LogP contribution in [0.5, 0.6) is 0 Å². The molecule has 0 atom stereocenters. The maximum atomic E-state index is 13.2. The number of anilines is 1. The molecule has 1 amide bonds.